The Hall–Kier alpha value is -0.130. The molecule has 3 aliphatic rings. The number of hydrogen-bond donors (Lipinski definition) is 1. The van der Waals surface area contributed by atoms with Gasteiger partial charge in [-0.05, 0) is 31.7 Å². The summed E-state index contributed by atoms with van der Waals surface area (Å²) in [4.78, 5) is 0. The van der Waals surface area contributed by atoms with E-state index in [1.165, 1.54) is 6.42 Å². The molecule has 2 saturated heterocycles. The molecule has 1 saturated carbocycles. The molecule has 0 aromatic carbocycles. The number of fused-ring (bicyclic) bond motifs is 1. The Balaban J connectivity index is 1.77. The van der Waals surface area contributed by atoms with Gasteiger partial charge < -0.3 is 5.32 Å². The summed E-state index contributed by atoms with van der Waals surface area (Å²) in [5.41, 5.74) is 0. The lowest BCUT2D eigenvalue weighted by Gasteiger charge is -2.30. The Labute approximate surface area is 104 Å². The molecule has 3 rings (SSSR count). The molecule has 1 N–H and O–H groups in total. The summed E-state index contributed by atoms with van der Waals surface area (Å²) < 4.78 is 27.1. The van der Waals surface area contributed by atoms with Crippen LogP contribution < -0.4 is 5.32 Å². The van der Waals surface area contributed by atoms with Gasteiger partial charge in [-0.2, -0.15) is 4.31 Å². The summed E-state index contributed by atoms with van der Waals surface area (Å²) >= 11 is 0. The second-order valence-corrected chi connectivity index (χ2v) is 7.86. The van der Waals surface area contributed by atoms with Crippen LogP contribution in [0.2, 0.25) is 0 Å². The molecule has 0 unspecified atom stereocenters. The normalized spacial score (nSPS) is 36.2. The summed E-state index contributed by atoms with van der Waals surface area (Å²) in [5, 5.41) is 3.24. The molecule has 0 bridgehead atoms. The molecule has 4 nitrogen and oxygen atoms in total. The van der Waals surface area contributed by atoms with Gasteiger partial charge in [-0.3, -0.25) is 0 Å². The molecule has 2 heterocycles. The zero-order chi connectivity index (χ0) is 11.9. The van der Waals surface area contributed by atoms with Crippen molar-refractivity contribution in [2.24, 2.45) is 5.92 Å². The molecule has 0 radical (unpaired) electrons. The van der Waals surface area contributed by atoms with Crippen LogP contribution in [0, 0.1) is 5.92 Å². The third kappa shape index (κ3) is 2.02. The van der Waals surface area contributed by atoms with Gasteiger partial charge in [-0.15, -0.1) is 0 Å². The molecule has 98 valence electrons. The first kappa shape index (κ1) is 11.9. The fraction of sp³-hybridized carbons (Fsp3) is 1.00. The maximum atomic E-state index is 12.6. The van der Waals surface area contributed by atoms with Gasteiger partial charge >= 0.3 is 0 Å². The second kappa shape index (κ2) is 4.52. The minimum absolute atomic E-state index is 0.0874. The molecule has 0 spiro atoms. The predicted molar refractivity (Wildman–Crippen MR) is 67.3 cm³/mol. The Morgan fingerprint density at radius 2 is 1.76 bits per heavy atom. The van der Waals surface area contributed by atoms with Gasteiger partial charge in [-0.25, -0.2) is 8.42 Å². The van der Waals surface area contributed by atoms with Crippen molar-refractivity contribution in [2.45, 2.75) is 49.8 Å². The van der Waals surface area contributed by atoms with Crippen molar-refractivity contribution in [3.63, 3.8) is 0 Å². The number of sulfonamides is 1. The molecular weight excluding hydrogens is 236 g/mol. The number of hydrogen-bond acceptors (Lipinski definition) is 3. The van der Waals surface area contributed by atoms with E-state index in [0.717, 1.165) is 51.7 Å². The molecule has 1 aliphatic carbocycles. The van der Waals surface area contributed by atoms with Crippen molar-refractivity contribution >= 4 is 10.0 Å². The Morgan fingerprint density at radius 3 is 2.53 bits per heavy atom. The van der Waals surface area contributed by atoms with E-state index in [2.05, 4.69) is 5.32 Å². The van der Waals surface area contributed by atoms with Gasteiger partial charge in [0.1, 0.15) is 0 Å². The number of nitrogens with zero attached hydrogens (tertiary/aromatic N) is 1. The lowest BCUT2D eigenvalue weighted by molar-refractivity contribution is 0.365. The SMILES string of the molecule is O=S(=O)(C1CCCCC1)N1CC[C@H]2CNC[C@H]21. The maximum Gasteiger partial charge on any atom is 0.217 e. The van der Waals surface area contributed by atoms with E-state index in [4.69, 9.17) is 0 Å². The largest absolute Gasteiger partial charge is 0.315 e. The first-order chi connectivity index (χ1) is 8.19. The summed E-state index contributed by atoms with van der Waals surface area (Å²) in [5.74, 6) is 0.563. The van der Waals surface area contributed by atoms with E-state index in [9.17, 15) is 8.42 Å². The van der Waals surface area contributed by atoms with Crippen LogP contribution >= 0.6 is 0 Å². The molecule has 2 atom stereocenters. The van der Waals surface area contributed by atoms with Crippen molar-refractivity contribution in [3.05, 3.63) is 0 Å². The standard InChI is InChI=1S/C12H22N2O2S/c15-17(16,11-4-2-1-3-5-11)14-7-6-10-8-13-9-12(10)14/h10-13H,1-9H2/t10-,12+/m0/s1. The third-order valence-corrected chi connectivity index (χ3v) is 7.12. The highest BCUT2D eigenvalue weighted by atomic mass is 32.2. The Bertz CT molecular complexity index is 376. The van der Waals surface area contributed by atoms with Crippen LogP contribution in [-0.4, -0.2) is 43.6 Å². The zero-order valence-corrected chi connectivity index (χ0v) is 11.1. The van der Waals surface area contributed by atoms with Crippen molar-refractivity contribution in [3.8, 4) is 0 Å². The highest BCUT2D eigenvalue weighted by molar-refractivity contribution is 7.89. The number of rotatable bonds is 2. The van der Waals surface area contributed by atoms with Crippen LogP contribution in [0.5, 0.6) is 0 Å². The average Bonchev–Trinajstić information content (AvgIpc) is 2.91. The van der Waals surface area contributed by atoms with E-state index in [1.807, 2.05) is 4.31 Å². The molecule has 5 heteroatoms. The second-order valence-electron chi connectivity index (χ2n) is 5.69. The van der Waals surface area contributed by atoms with Gasteiger partial charge in [0, 0.05) is 19.1 Å². The van der Waals surface area contributed by atoms with Gasteiger partial charge in [0.15, 0.2) is 0 Å². The Kier molecular flexibility index (Phi) is 3.17. The summed E-state index contributed by atoms with van der Waals surface area (Å²) in [6.07, 6.45) is 6.19. The van der Waals surface area contributed by atoms with Crippen molar-refractivity contribution in [1.29, 1.82) is 0 Å². The van der Waals surface area contributed by atoms with Crippen LogP contribution in [0.4, 0.5) is 0 Å². The van der Waals surface area contributed by atoms with Crippen molar-refractivity contribution < 1.29 is 8.42 Å². The quantitative estimate of drug-likeness (QED) is 0.802. The van der Waals surface area contributed by atoms with E-state index < -0.39 is 10.0 Å². The van der Waals surface area contributed by atoms with Crippen molar-refractivity contribution in [2.75, 3.05) is 19.6 Å². The molecule has 0 aromatic heterocycles. The van der Waals surface area contributed by atoms with E-state index >= 15 is 0 Å². The predicted octanol–water partition coefficient (Wildman–Crippen LogP) is 0.943. The number of nitrogens with one attached hydrogen (secondary N) is 1. The minimum Gasteiger partial charge on any atom is -0.315 e. The molecule has 3 fully saturated rings. The van der Waals surface area contributed by atoms with Gasteiger partial charge in [0.25, 0.3) is 0 Å². The summed E-state index contributed by atoms with van der Waals surface area (Å²) in [7, 11) is -3.02. The lowest BCUT2D eigenvalue weighted by Crippen LogP contribution is -2.44. The first-order valence-electron chi connectivity index (χ1n) is 6.91. The van der Waals surface area contributed by atoms with Crippen LogP contribution in [0.3, 0.4) is 0 Å². The van der Waals surface area contributed by atoms with Crippen LogP contribution in [0.25, 0.3) is 0 Å². The highest BCUT2D eigenvalue weighted by Crippen LogP contribution is 2.34. The van der Waals surface area contributed by atoms with Crippen molar-refractivity contribution in [1.82, 2.24) is 9.62 Å². The van der Waals surface area contributed by atoms with E-state index in [1.54, 1.807) is 0 Å². The maximum absolute atomic E-state index is 12.6. The molecule has 2 aliphatic heterocycles. The van der Waals surface area contributed by atoms with Crippen LogP contribution in [0.1, 0.15) is 38.5 Å². The monoisotopic (exact) mass is 258 g/mol. The fourth-order valence-corrected chi connectivity index (χ4v) is 5.98. The van der Waals surface area contributed by atoms with Gasteiger partial charge in [0.05, 0.1) is 5.25 Å². The summed E-state index contributed by atoms with van der Waals surface area (Å²) in [6.45, 7) is 2.62. The first-order valence-corrected chi connectivity index (χ1v) is 8.41. The van der Waals surface area contributed by atoms with E-state index in [-0.39, 0.29) is 11.3 Å². The van der Waals surface area contributed by atoms with E-state index in [0.29, 0.717) is 5.92 Å². The zero-order valence-electron chi connectivity index (χ0n) is 10.3. The van der Waals surface area contributed by atoms with Crippen LogP contribution in [-0.2, 0) is 10.0 Å². The third-order valence-electron chi connectivity index (χ3n) is 4.69. The molecular formula is C12H22N2O2S. The topological polar surface area (TPSA) is 49.4 Å². The van der Waals surface area contributed by atoms with Crippen LogP contribution in [0.15, 0.2) is 0 Å². The Morgan fingerprint density at radius 1 is 1.00 bits per heavy atom. The van der Waals surface area contributed by atoms with Gasteiger partial charge in [-0.1, -0.05) is 19.3 Å². The molecule has 17 heavy (non-hydrogen) atoms. The fourth-order valence-electron chi connectivity index (χ4n) is 3.68. The minimum atomic E-state index is -3.02. The van der Waals surface area contributed by atoms with Gasteiger partial charge in [0.2, 0.25) is 10.0 Å². The average molecular weight is 258 g/mol. The molecule has 0 aromatic rings. The lowest BCUT2D eigenvalue weighted by atomic mass is 10.0. The highest BCUT2D eigenvalue weighted by Gasteiger charge is 2.45. The smallest absolute Gasteiger partial charge is 0.217 e. The summed E-state index contributed by atoms with van der Waals surface area (Å²) in [6, 6.07) is 0.252. The molecule has 0 amide bonds.